The van der Waals surface area contributed by atoms with Crippen molar-refractivity contribution in [1.82, 2.24) is 5.32 Å². The smallest absolute Gasteiger partial charge is 0.0210 e. The fourth-order valence-corrected chi connectivity index (χ4v) is 2.26. The third-order valence-electron chi connectivity index (χ3n) is 3.24. The van der Waals surface area contributed by atoms with Crippen LogP contribution in [-0.4, -0.2) is 5.54 Å². The molecule has 1 aliphatic rings. The molecule has 1 aromatic rings. The topological polar surface area (TPSA) is 12.0 Å². The van der Waals surface area contributed by atoms with Gasteiger partial charge in [0, 0.05) is 12.1 Å². The van der Waals surface area contributed by atoms with Gasteiger partial charge in [-0.2, -0.15) is 0 Å². The lowest BCUT2D eigenvalue weighted by Crippen LogP contribution is -2.35. The number of hydrogen-bond donors (Lipinski definition) is 1. The molecule has 1 aromatic carbocycles. The van der Waals surface area contributed by atoms with Crippen molar-refractivity contribution in [2.75, 3.05) is 0 Å². The van der Waals surface area contributed by atoms with E-state index in [4.69, 9.17) is 0 Å². The molecule has 0 saturated carbocycles. The van der Waals surface area contributed by atoms with Gasteiger partial charge in [0.15, 0.2) is 0 Å². The standard InChI is InChI=1S/C15H23N/c1-15(2,3)16-11-12-8-9-13-6-4-5-7-14(13)10-12/h8-10,16H,4-7,11H2,1-3H3. The highest BCUT2D eigenvalue weighted by Crippen LogP contribution is 2.22. The van der Waals surface area contributed by atoms with E-state index in [-0.39, 0.29) is 5.54 Å². The van der Waals surface area contributed by atoms with Gasteiger partial charge in [-0.1, -0.05) is 18.2 Å². The Morgan fingerprint density at radius 1 is 1.06 bits per heavy atom. The van der Waals surface area contributed by atoms with Gasteiger partial charge >= 0.3 is 0 Å². The van der Waals surface area contributed by atoms with Gasteiger partial charge in [-0.15, -0.1) is 0 Å². The Balaban J connectivity index is 2.06. The maximum absolute atomic E-state index is 3.54. The van der Waals surface area contributed by atoms with Crippen LogP contribution in [0.5, 0.6) is 0 Å². The van der Waals surface area contributed by atoms with Crippen molar-refractivity contribution >= 4 is 0 Å². The van der Waals surface area contributed by atoms with Gasteiger partial charge in [-0.05, 0) is 63.1 Å². The van der Waals surface area contributed by atoms with Crippen molar-refractivity contribution in [3.8, 4) is 0 Å². The summed E-state index contributed by atoms with van der Waals surface area (Å²) < 4.78 is 0. The second-order valence-electron chi connectivity index (χ2n) is 5.91. The fraction of sp³-hybridized carbons (Fsp3) is 0.600. The summed E-state index contributed by atoms with van der Waals surface area (Å²) in [4.78, 5) is 0. The zero-order valence-corrected chi connectivity index (χ0v) is 10.8. The summed E-state index contributed by atoms with van der Waals surface area (Å²) in [6, 6.07) is 7.00. The second-order valence-corrected chi connectivity index (χ2v) is 5.91. The molecular weight excluding hydrogens is 194 g/mol. The van der Waals surface area contributed by atoms with E-state index >= 15 is 0 Å². The molecule has 0 heterocycles. The Hall–Kier alpha value is -0.820. The maximum Gasteiger partial charge on any atom is 0.0210 e. The molecule has 0 saturated heterocycles. The lowest BCUT2D eigenvalue weighted by atomic mass is 9.90. The number of aryl methyl sites for hydroxylation is 2. The predicted octanol–water partition coefficient (Wildman–Crippen LogP) is 3.45. The zero-order valence-electron chi connectivity index (χ0n) is 10.8. The summed E-state index contributed by atoms with van der Waals surface area (Å²) in [5.74, 6) is 0. The summed E-state index contributed by atoms with van der Waals surface area (Å²) in [6.45, 7) is 7.62. The van der Waals surface area contributed by atoms with E-state index in [0.717, 1.165) is 6.54 Å². The summed E-state index contributed by atoms with van der Waals surface area (Å²) in [6.07, 6.45) is 5.29. The zero-order chi connectivity index (χ0) is 11.6. The molecule has 0 atom stereocenters. The highest BCUT2D eigenvalue weighted by atomic mass is 14.9. The van der Waals surface area contributed by atoms with E-state index < -0.39 is 0 Å². The van der Waals surface area contributed by atoms with Crippen molar-refractivity contribution in [2.45, 2.75) is 58.5 Å². The quantitative estimate of drug-likeness (QED) is 0.800. The molecule has 1 N–H and O–H groups in total. The molecule has 1 nitrogen and oxygen atoms in total. The summed E-state index contributed by atoms with van der Waals surface area (Å²) in [5.41, 5.74) is 4.79. The molecule has 0 amide bonds. The average Bonchev–Trinajstić information content (AvgIpc) is 2.25. The molecule has 88 valence electrons. The molecule has 1 aliphatic carbocycles. The normalized spacial score (nSPS) is 15.9. The molecule has 0 spiro atoms. The van der Waals surface area contributed by atoms with E-state index in [2.05, 4.69) is 44.3 Å². The molecule has 2 rings (SSSR count). The number of benzene rings is 1. The summed E-state index contributed by atoms with van der Waals surface area (Å²) >= 11 is 0. The van der Waals surface area contributed by atoms with Crippen LogP contribution in [0.3, 0.4) is 0 Å². The van der Waals surface area contributed by atoms with Gasteiger partial charge in [0.25, 0.3) is 0 Å². The number of fused-ring (bicyclic) bond motifs is 1. The molecule has 0 fully saturated rings. The average molecular weight is 217 g/mol. The largest absolute Gasteiger partial charge is 0.308 e. The molecule has 0 radical (unpaired) electrons. The lowest BCUT2D eigenvalue weighted by molar-refractivity contribution is 0.424. The molecule has 1 heteroatoms. The molecule has 0 aliphatic heterocycles. The van der Waals surface area contributed by atoms with Gasteiger partial charge in [0.05, 0.1) is 0 Å². The second kappa shape index (κ2) is 4.58. The highest BCUT2D eigenvalue weighted by Gasteiger charge is 2.11. The van der Waals surface area contributed by atoms with E-state index in [0.29, 0.717) is 0 Å². The van der Waals surface area contributed by atoms with Crippen LogP contribution in [0.1, 0.15) is 50.3 Å². The minimum atomic E-state index is 0.204. The van der Waals surface area contributed by atoms with E-state index in [1.165, 1.54) is 31.2 Å². The Bertz CT molecular complexity index is 360. The Labute approximate surface area is 99.3 Å². The van der Waals surface area contributed by atoms with Crippen molar-refractivity contribution in [1.29, 1.82) is 0 Å². The minimum absolute atomic E-state index is 0.204. The van der Waals surface area contributed by atoms with Gasteiger partial charge in [-0.25, -0.2) is 0 Å². The molecule has 0 bridgehead atoms. The predicted molar refractivity (Wildman–Crippen MR) is 69.7 cm³/mol. The number of nitrogens with one attached hydrogen (secondary N) is 1. The van der Waals surface area contributed by atoms with Crippen molar-refractivity contribution in [2.24, 2.45) is 0 Å². The number of hydrogen-bond acceptors (Lipinski definition) is 1. The van der Waals surface area contributed by atoms with Crippen LogP contribution in [0.15, 0.2) is 18.2 Å². The SMILES string of the molecule is CC(C)(C)NCc1ccc2c(c1)CCCC2. The van der Waals surface area contributed by atoms with Crippen molar-refractivity contribution in [3.05, 3.63) is 34.9 Å². The molecular formula is C15H23N. The minimum Gasteiger partial charge on any atom is -0.308 e. The third kappa shape index (κ3) is 3.08. The van der Waals surface area contributed by atoms with Crippen LogP contribution < -0.4 is 5.32 Å². The Kier molecular flexibility index (Phi) is 3.34. The monoisotopic (exact) mass is 217 g/mol. The van der Waals surface area contributed by atoms with Crippen molar-refractivity contribution in [3.63, 3.8) is 0 Å². The van der Waals surface area contributed by atoms with Crippen LogP contribution in [0.2, 0.25) is 0 Å². The van der Waals surface area contributed by atoms with Gasteiger partial charge in [-0.3, -0.25) is 0 Å². The van der Waals surface area contributed by atoms with Crippen LogP contribution in [0, 0.1) is 0 Å². The fourth-order valence-electron chi connectivity index (χ4n) is 2.26. The van der Waals surface area contributed by atoms with Crippen LogP contribution in [0.25, 0.3) is 0 Å². The van der Waals surface area contributed by atoms with Gasteiger partial charge in [0.2, 0.25) is 0 Å². The molecule has 0 unspecified atom stereocenters. The Morgan fingerprint density at radius 2 is 1.75 bits per heavy atom. The first-order chi connectivity index (χ1) is 7.54. The number of rotatable bonds is 2. The molecule has 0 aromatic heterocycles. The summed E-state index contributed by atoms with van der Waals surface area (Å²) in [7, 11) is 0. The first-order valence-electron chi connectivity index (χ1n) is 6.40. The molecule has 16 heavy (non-hydrogen) atoms. The van der Waals surface area contributed by atoms with E-state index in [1.54, 1.807) is 11.1 Å². The van der Waals surface area contributed by atoms with E-state index in [9.17, 15) is 0 Å². The first-order valence-corrected chi connectivity index (χ1v) is 6.40. The highest BCUT2D eigenvalue weighted by molar-refractivity contribution is 5.33. The third-order valence-corrected chi connectivity index (χ3v) is 3.24. The van der Waals surface area contributed by atoms with Gasteiger partial charge in [0.1, 0.15) is 0 Å². The van der Waals surface area contributed by atoms with Crippen molar-refractivity contribution < 1.29 is 0 Å². The lowest BCUT2D eigenvalue weighted by Gasteiger charge is -2.22. The maximum atomic E-state index is 3.54. The van der Waals surface area contributed by atoms with Crippen LogP contribution >= 0.6 is 0 Å². The Morgan fingerprint density at radius 3 is 2.44 bits per heavy atom. The van der Waals surface area contributed by atoms with Gasteiger partial charge < -0.3 is 5.32 Å². The first kappa shape index (κ1) is 11.7. The summed E-state index contributed by atoms with van der Waals surface area (Å²) in [5, 5.41) is 3.54. The van der Waals surface area contributed by atoms with E-state index in [1.807, 2.05) is 0 Å². The van der Waals surface area contributed by atoms with Crippen LogP contribution in [0.4, 0.5) is 0 Å². The van der Waals surface area contributed by atoms with Crippen LogP contribution in [-0.2, 0) is 19.4 Å².